The molecule has 1 amide bonds. The predicted octanol–water partition coefficient (Wildman–Crippen LogP) is 2.40. The monoisotopic (exact) mass is 269 g/mol. The molecule has 0 radical (unpaired) electrons. The van der Waals surface area contributed by atoms with Gasteiger partial charge in [0.2, 0.25) is 0 Å². The first kappa shape index (κ1) is 14.8. The molecule has 18 heavy (non-hydrogen) atoms. The number of nitrogens with two attached hydrogens (primary N) is 1. The van der Waals surface area contributed by atoms with E-state index in [0.29, 0.717) is 11.5 Å². The Balaban J connectivity index is 0.00000162. The molecule has 2 rings (SSSR count). The highest BCUT2D eigenvalue weighted by Gasteiger charge is 2.15. The number of rotatable bonds is 4. The number of nitrogens with one attached hydrogen (secondary N) is 1. The van der Waals surface area contributed by atoms with Crippen molar-refractivity contribution >= 4 is 24.1 Å². The molecule has 1 aromatic heterocycles. The van der Waals surface area contributed by atoms with Crippen molar-refractivity contribution in [3.63, 3.8) is 0 Å². The molecular weight excluding hydrogens is 250 g/mol. The number of halogens is 1. The van der Waals surface area contributed by atoms with Crippen LogP contribution in [0.25, 0.3) is 0 Å². The van der Waals surface area contributed by atoms with Crippen molar-refractivity contribution in [2.24, 2.45) is 5.92 Å². The van der Waals surface area contributed by atoms with Crippen molar-refractivity contribution in [2.45, 2.75) is 32.1 Å². The minimum atomic E-state index is -0.129. The maximum atomic E-state index is 11.7. The highest BCUT2D eigenvalue weighted by molar-refractivity contribution is 5.92. The molecule has 0 spiro atoms. The summed E-state index contributed by atoms with van der Waals surface area (Å²) in [5.74, 6) is 1.05. The Kier molecular flexibility index (Phi) is 5.92. The highest BCUT2D eigenvalue weighted by atomic mass is 35.5. The fourth-order valence-electron chi connectivity index (χ4n) is 2.36. The summed E-state index contributed by atoms with van der Waals surface area (Å²) in [7, 11) is 0. The van der Waals surface area contributed by atoms with Crippen LogP contribution in [-0.2, 0) is 0 Å². The molecule has 1 aliphatic rings. The molecule has 0 atom stereocenters. The largest absolute Gasteiger partial charge is 0.384 e. The molecule has 3 N–H and O–H groups in total. The molecular formula is C13H20ClN3O. The summed E-state index contributed by atoms with van der Waals surface area (Å²) in [4.78, 5) is 15.7. The lowest BCUT2D eigenvalue weighted by Crippen LogP contribution is -2.26. The molecule has 1 aromatic rings. The first-order valence-corrected chi connectivity index (χ1v) is 6.26. The van der Waals surface area contributed by atoms with Crippen molar-refractivity contribution in [1.82, 2.24) is 10.3 Å². The van der Waals surface area contributed by atoms with E-state index in [9.17, 15) is 4.79 Å². The number of carbonyl (C=O) groups excluding carboxylic acids is 1. The molecule has 0 saturated heterocycles. The van der Waals surface area contributed by atoms with Gasteiger partial charge in [0, 0.05) is 6.54 Å². The van der Waals surface area contributed by atoms with Gasteiger partial charge in [0.1, 0.15) is 11.5 Å². The molecule has 0 unspecified atom stereocenters. The third kappa shape index (κ3) is 4.18. The van der Waals surface area contributed by atoms with Crippen LogP contribution in [0.5, 0.6) is 0 Å². The van der Waals surface area contributed by atoms with E-state index < -0.39 is 0 Å². The number of anilines is 1. The number of nitrogens with zero attached hydrogens (tertiary/aromatic N) is 1. The molecule has 1 aliphatic carbocycles. The Hall–Kier alpha value is -1.29. The van der Waals surface area contributed by atoms with Gasteiger partial charge in [0.15, 0.2) is 0 Å². The van der Waals surface area contributed by atoms with E-state index in [2.05, 4.69) is 10.3 Å². The number of hydrogen-bond donors (Lipinski definition) is 2. The highest BCUT2D eigenvalue weighted by Crippen LogP contribution is 2.26. The number of amides is 1. The van der Waals surface area contributed by atoms with Gasteiger partial charge in [0.25, 0.3) is 5.91 Å². The maximum absolute atomic E-state index is 11.7. The predicted molar refractivity (Wildman–Crippen MR) is 74.8 cm³/mol. The Morgan fingerprint density at radius 2 is 2.11 bits per heavy atom. The van der Waals surface area contributed by atoms with Gasteiger partial charge in [-0.15, -0.1) is 12.4 Å². The van der Waals surface area contributed by atoms with E-state index in [1.54, 1.807) is 18.2 Å². The van der Waals surface area contributed by atoms with Crippen LogP contribution in [0.4, 0.5) is 5.82 Å². The van der Waals surface area contributed by atoms with E-state index in [0.717, 1.165) is 18.9 Å². The smallest absolute Gasteiger partial charge is 0.269 e. The van der Waals surface area contributed by atoms with Crippen LogP contribution in [0.1, 0.15) is 42.6 Å². The van der Waals surface area contributed by atoms with E-state index in [4.69, 9.17) is 5.73 Å². The van der Waals surface area contributed by atoms with Crippen LogP contribution in [-0.4, -0.2) is 17.4 Å². The fraction of sp³-hybridized carbons (Fsp3) is 0.538. The van der Waals surface area contributed by atoms with Crippen LogP contribution < -0.4 is 11.1 Å². The molecule has 0 aliphatic heterocycles. The SMILES string of the molecule is Cl.Nc1cccc(C(=O)NCCC2CCCC2)n1. The van der Waals surface area contributed by atoms with E-state index in [1.165, 1.54) is 25.7 Å². The van der Waals surface area contributed by atoms with Crippen molar-refractivity contribution < 1.29 is 4.79 Å². The third-order valence-electron chi connectivity index (χ3n) is 3.32. The Morgan fingerprint density at radius 3 is 2.78 bits per heavy atom. The maximum Gasteiger partial charge on any atom is 0.269 e. The van der Waals surface area contributed by atoms with E-state index >= 15 is 0 Å². The second-order valence-electron chi connectivity index (χ2n) is 4.64. The van der Waals surface area contributed by atoms with Crippen LogP contribution >= 0.6 is 12.4 Å². The van der Waals surface area contributed by atoms with Crippen LogP contribution in [0, 0.1) is 5.92 Å². The Morgan fingerprint density at radius 1 is 1.39 bits per heavy atom. The Labute approximate surface area is 114 Å². The lowest BCUT2D eigenvalue weighted by Gasteiger charge is -2.09. The summed E-state index contributed by atoms with van der Waals surface area (Å²) >= 11 is 0. The van der Waals surface area contributed by atoms with Crippen LogP contribution in [0.3, 0.4) is 0 Å². The average molecular weight is 270 g/mol. The van der Waals surface area contributed by atoms with Gasteiger partial charge in [-0.1, -0.05) is 31.7 Å². The molecule has 4 nitrogen and oxygen atoms in total. The first-order chi connectivity index (χ1) is 8.25. The van der Waals surface area contributed by atoms with E-state index in [-0.39, 0.29) is 18.3 Å². The number of pyridine rings is 1. The van der Waals surface area contributed by atoms with Gasteiger partial charge in [-0.05, 0) is 24.5 Å². The summed E-state index contributed by atoms with van der Waals surface area (Å²) in [5, 5.41) is 2.90. The molecule has 1 fully saturated rings. The third-order valence-corrected chi connectivity index (χ3v) is 3.32. The van der Waals surface area contributed by atoms with Crippen LogP contribution in [0.2, 0.25) is 0 Å². The normalized spacial score (nSPS) is 15.1. The van der Waals surface area contributed by atoms with Gasteiger partial charge in [0.05, 0.1) is 0 Å². The number of aromatic nitrogens is 1. The number of nitrogen functional groups attached to an aromatic ring is 1. The number of carbonyl (C=O) groups is 1. The molecule has 100 valence electrons. The minimum absolute atomic E-state index is 0. The molecule has 1 heterocycles. The number of hydrogen-bond acceptors (Lipinski definition) is 3. The fourth-order valence-corrected chi connectivity index (χ4v) is 2.36. The quantitative estimate of drug-likeness (QED) is 0.882. The summed E-state index contributed by atoms with van der Waals surface area (Å²) in [5.41, 5.74) is 5.93. The summed E-state index contributed by atoms with van der Waals surface area (Å²) < 4.78 is 0. The lowest BCUT2D eigenvalue weighted by molar-refractivity contribution is 0.0946. The topological polar surface area (TPSA) is 68.0 Å². The van der Waals surface area contributed by atoms with Gasteiger partial charge in [-0.2, -0.15) is 0 Å². The van der Waals surface area contributed by atoms with Gasteiger partial charge >= 0.3 is 0 Å². The second-order valence-corrected chi connectivity index (χ2v) is 4.64. The zero-order chi connectivity index (χ0) is 12.1. The van der Waals surface area contributed by atoms with Gasteiger partial charge in [-0.25, -0.2) is 4.98 Å². The first-order valence-electron chi connectivity index (χ1n) is 6.26. The Bertz CT molecular complexity index is 392. The van der Waals surface area contributed by atoms with E-state index in [1.807, 2.05) is 0 Å². The molecule has 0 bridgehead atoms. The summed E-state index contributed by atoms with van der Waals surface area (Å²) in [6, 6.07) is 5.10. The average Bonchev–Trinajstić information content (AvgIpc) is 2.82. The lowest BCUT2D eigenvalue weighted by atomic mass is 10.0. The molecule has 0 aromatic carbocycles. The van der Waals surface area contributed by atoms with Crippen molar-refractivity contribution in [1.29, 1.82) is 0 Å². The van der Waals surface area contributed by atoms with Gasteiger partial charge < -0.3 is 11.1 Å². The second kappa shape index (κ2) is 7.21. The zero-order valence-electron chi connectivity index (χ0n) is 10.4. The van der Waals surface area contributed by atoms with Gasteiger partial charge in [-0.3, -0.25) is 4.79 Å². The standard InChI is InChI=1S/C13H19N3O.ClH/c14-12-7-3-6-11(16-12)13(17)15-9-8-10-4-1-2-5-10;/h3,6-7,10H,1-2,4-5,8-9H2,(H2,14,16)(H,15,17);1H. The molecule has 1 saturated carbocycles. The van der Waals surface area contributed by atoms with Crippen molar-refractivity contribution in [3.8, 4) is 0 Å². The summed E-state index contributed by atoms with van der Waals surface area (Å²) in [6.45, 7) is 0.736. The minimum Gasteiger partial charge on any atom is -0.384 e. The van der Waals surface area contributed by atoms with Crippen molar-refractivity contribution in [3.05, 3.63) is 23.9 Å². The van der Waals surface area contributed by atoms with Crippen LogP contribution in [0.15, 0.2) is 18.2 Å². The zero-order valence-corrected chi connectivity index (χ0v) is 11.2. The van der Waals surface area contributed by atoms with Crippen molar-refractivity contribution in [2.75, 3.05) is 12.3 Å². The summed E-state index contributed by atoms with van der Waals surface area (Å²) in [6.07, 6.45) is 6.39. The molecule has 5 heteroatoms.